The van der Waals surface area contributed by atoms with Crippen LogP contribution in [0.15, 0.2) is 42.5 Å². The van der Waals surface area contributed by atoms with Crippen LogP contribution >= 0.6 is 11.6 Å². The normalized spacial score (nSPS) is 12.3. The van der Waals surface area contributed by atoms with Crippen LogP contribution in [-0.2, 0) is 21.2 Å². The molecular formula is C20H24ClFN2O4S. The number of carbonyl (C=O) groups excluding carboxylic acids is 1. The third kappa shape index (κ3) is 6.08. The van der Waals surface area contributed by atoms with Crippen LogP contribution in [0.5, 0.6) is 5.75 Å². The van der Waals surface area contributed by atoms with Gasteiger partial charge in [-0.25, -0.2) is 12.8 Å². The maximum Gasteiger partial charge on any atom is 0.243 e. The van der Waals surface area contributed by atoms with E-state index >= 15 is 0 Å². The minimum absolute atomic E-state index is 0.135. The number of hydrogen-bond donors (Lipinski definition) is 1. The maximum atomic E-state index is 13.5. The van der Waals surface area contributed by atoms with Crippen LogP contribution in [0.25, 0.3) is 0 Å². The van der Waals surface area contributed by atoms with Gasteiger partial charge in [-0.1, -0.05) is 30.7 Å². The minimum atomic E-state index is -3.81. The summed E-state index contributed by atoms with van der Waals surface area (Å²) in [7, 11) is -2.23. The zero-order valence-electron chi connectivity index (χ0n) is 16.5. The zero-order valence-corrected chi connectivity index (χ0v) is 18.1. The van der Waals surface area contributed by atoms with Crippen LogP contribution in [0.1, 0.15) is 18.9 Å². The summed E-state index contributed by atoms with van der Waals surface area (Å²) in [6, 6.07) is 10.0. The summed E-state index contributed by atoms with van der Waals surface area (Å²) in [4.78, 5) is 12.7. The summed E-state index contributed by atoms with van der Waals surface area (Å²) in [5.74, 6) is -0.363. The molecular weight excluding hydrogens is 419 g/mol. The van der Waals surface area contributed by atoms with Gasteiger partial charge in [0.15, 0.2) is 0 Å². The average Bonchev–Trinajstić information content (AvgIpc) is 2.67. The van der Waals surface area contributed by atoms with Gasteiger partial charge in [0.2, 0.25) is 15.9 Å². The van der Waals surface area contributed by atoms with E-state index in [1.807, 2.05) is 24.3 Å². The first-order valence-electron chi connectivity index (χ1n) is 9.02. The number of anilines is 1. The monoisotopic (exact) mass is 442 g/mol. The number of halogens is 2. The topological polar surface area (TPSA) is 75.7 Å². The highest BCUT2D eigenvalue weighted by Gasteiger charge is 2.31. The molecule has 2 aromatic carbocycles. The van der Waals surface area contributed by atoms with Crippen molar-refractivity contribution in [3.63, 3.8) is 0 Å². The summed E-state index contributed by atoms with van der Waals surface area (Å²) in [5.41, 5.74) is 1.14. The van der Waals surface area contributed by atoms with Gasteiger partial charge < -0.3 is 10.1 Å². The molecule has 0 heterocycles. The summed E-state index contributed by atoms with van der Waals surface area (Å²) in [5, 5.41) is 2.56. The van der Waals surface area contributed by atoms with E-state index in [0.717, 1.165) is 27.9 Å². The van der Waals surface area contributed by atoms with E-state index in [1.54, 1.807) is 14.0 Å². The molecule has 0 radical (unpaired) electrons. The van der Waals surface area contributed by atoms with Gasteiger partial charge in [0.25, 0.3) is 0 Å². The van der Waals surface area contributed by atoms with Crippen LogP contribution in [0.4, 0.5) is 10.1 Å². The first-order chi connectivity index (χ1) is 13.7. The lowest BCUT2D eigenvalue weighted by Gasteiger charge is -2.30. The van der Waals surface area contributed by atoms with Crippen molar-refractivity contribution in [2.45, 2.75) is 25.8 Å². The van der Waals surface area contributed by atoms with Crippen molar-refractivity contribution in [2.75, 3.05) is 24.2 Å². The van der Waals surface area contributed by atoms with Crippen LogP contribution < -0.4 is 14.4 Å². The Hall–Kier alpha value is -2.32. The fourth-order valence-corrected chi connectivity index (χ4v) is 4.30. The second-order valence-electron chi connectivity index (χ2n) is 6.47. The fraction of sp³-hybridized carbons (Fsp3) is 0.350. The second-order valence-corrected chi connectivity index (χ2v) is 8.74. The Balaban J connectivity index is 2.14. The Labute approximate surface area is 175 Å². The lowest BCUT2D eigenvalue weighted by molar-refractivity contribution is -0.122. The summed E-state index contributed by atoms with van der Waals surface area (Å²) >= 11 is 5.80. The highest BCUT2D eigenvalue weighted by Crippen LogP contribution is 2.27. The third-order valence-corrected chi connectivity index (χ3v) is 5.83. The molecule has 0 aromatic heterocycles. The molecule has 1 N–H and O–H groups in total. The Morgan fingerprint density at radius 1 is 1.24 bits per heavy atom. The van der Waals surface area contributed by atoms with Crippen molar-refractivity contribution in [3.05, 3.63) is 58.9 Å². The number of methoxy groups -OCH3 is 1. The number of ether oxygens (including phenoxy) is 1. The minimum Gasteiger partial charge on any atom is -0.497 e. The van der Waals surface area contributed by atoms with Gasteiger partial charge in [0.1, 0.15) is 17.6 Å². The molecule has 9 heteroatoms. The number of nitrogens with zero attached hydrogens (tertiary/aromatic N) is 1. The quantitative estimate of drug-likeness (QED) is 0.645. The molecule has 1 amide bonds. The first kappa shape index (κ1) is 23.0. The van der Waals surface area contributed by atoms with E-state index in [1.165, 1.54) is 12.1 Å². The van der Waals surface area contributed by atoms with Crippen LogP contribution in [0.3, 0.4) is 0 Å². The van der Waals surface area contributed by atoms with E-state index in [0.29, 0.717) is 13.0 Å². The predicted octanol–water partition coefficient (Wildman–Crippen LogP) is 3.39. The zero-order chi connectivity index (χ0) is 21.6. The molecule has 0 saturated heterocycles. The van der Waals surface area contributed by atoms with Gasteiger partial charge >= 0.3 is 0 Å². The molecule has 0 fully saturated rings. The van der Waals surface area contributed by atoms with Crippen molar-refractivity contribution >= 4 is 33.2 Å². The van der Waals surface area contributed by atoms with Crippen molar-refractivity contribution in [1.82, 2.24) is 5.32 Å². The summed E-state index contributed by atoms with van der Waals surface area (Å²) in [6.07, 6.45) is 1.81. The van der Waals surface area contributed by atoms with E-state index in [9.17, 15) is 17.6 Å². The molecule has 1 atom stereocenters. The molecule has 0 spiro atoms. The van der Waals surface area contributed by atoms with Crippen molar-refractivity contribution in [3.8, 4) is 5.75 Å². The SMILES string of the molecule is CCC(C(=O)NCCc1ccc(OC)cc1)N(c1ccc(F)c(Cl)c1)S(C)(=O)=O. The lowest BCUT2D eigenvalue weighted by atomic mass is 10.1. The number of nitrogens with one attached hydrogen (secondary N) is 1. The van der Waals surface area contributed by atoms with Gasteiger partial charge in [0.05, 0.1) is 24.1 Å². The standard InChI is InChI=1S/C20H24ClFN2O4S/c1-4-19(20(25)23-12-11-14-5-8-16(28-2)9-6-14)24(29(3,26)27)15-7-10-18(22)17(21)13-15/h5-10,13,19H,4,11-12H2,1-3H3,(H,23,25). The van der Waals surface area contributed by atoms with E-state index in [4.69, 9.17) is 16.3 Å². The number of hydrogen-bond acceptors (Lipinski definition) is 4. The molecule has 2 rings (SSSR count). The Morgan fingerprint density at radius 2 is 1.90 bits per heavy atom. The van der Waals surface area contributed by atoms with Crippen molar-refractivity contribution < 1.29 is 22.3 Å². The molecule has 0 aliphatic carbocycles. The second kappa shape index (κ2) is 9.93. The first-order valence-corrected chi connectivity index (χ1v) is 11.2. The number of sulfonamides is 1. The molecule has 158 valence electrons. The molecule has 0 saturated carbocycles. The lowest BCUT2D eigenvalue weighted by Crippen LogP contribution is -2.49. The predicted molar refractivity (Wildman–Crippen MR) is 113 cm³/mol. The average molecular weight is 443 g/mol. The van der Waals surface area contributed by atoms with E-state index in [2.05, 4.69) is 5.32 Å². The van der Waals surface area contributed by atoms with Crippen LogP contribution in [-0.4, -0.2) is 40.3 Å². The number of benzene rings is 2. The van der Waals surface area contributed by atoms with Crippen LogP contribution in [0, 0.1) is 5.82 Å². The summed E-state index contributed by atoms with van der Waals surface area (Å²) in [6.45, 7) is 2.04. The highest BCUT2D eigenvalue weighted by atomic mass is 35.5. The number of amides is 1. The summed E-state index contributed by atoms with van der Waals surface area (Å²) < 4.78 is 44.3. The van der Waals surface area contributed by atoms with E-state index < -0.39 is 27.8 Å². The Kier molecular flexibility index (Phi) is 7.87. The van der Waals surface area contributed by atoms with Gasteiger partial charge in [-0.2, -0.15) is 0 Å². The molecule has 29 heavy (non-hydrogen) atoms. The van der Waals surface area contributed by atoms with Gasteiger partial charge in [-0.05, 0) is 48.7 Å². The largest absolute Gasteiger partial charge is 0.497 e. The molecule has 2 aromatic rings. The smallest absolute Gasteiger partial charge is 0.243 e. The Bertz CT molecular complexity index is 951. The van der Waals surface area contributed by atoms with Gasteiger partial charge in [0, 0.05) is 6.54 Å². The maximum absolute atomic E-state index is 13.5. The number of carbonyl (C=O) groups is 1. The van der Waals surface area contributed by atoms with Crippen LogP contribution in [0.2, 0.25) is 5.02 Å². The molecule has 6 nitrogen and oxygen atoms in total. The molecule has 0 aliphatic rings. The van der Waals surface area contributed by atoms with E-state index in [-0.39, 0.29) is 17.1 Å². The highest BCUT2D eigenvalue weighted by molar-refractivity contribution is 7.92. The third-order valence-electron chi connectivity index (χ3n) is 4.36. The van der Waals surface area contributed by atoms with Gasteiger partial charge in [-0.3, -0.25) is 9.10 Å². The molecule has 1 unspecified atom stereocenters. The Morgan fingerprint density at radius 3 is 2.41 bits per heavy atom. The fourth-order valence-electron chi connectivity index (χ4n) is 2.92. The molecule has 0 aliphatic heterocycles. The van der Waals surface area contributed by atoms with Crippen molar-refractivity contribution in [2.24, 2.45) is 0 Å². The van der Waals surface area contributed by atoms with Gasteiger partial charge in [-0.15, -0.1) is 0 Å². The molecule has 0 bridgehead atoms. The van der Waals surface area contributed by atoms with Crippen molar-refractivity contribution in [1.29, 1.82) is 0 Å². The number of rotatable bonds is 9.